The van der Waals surface area contributed by atoms with E-state index in [-0.39, 0.29) is 11.7 Å². The summed E-state index contributed by atoms with van der Waals surface area (Å²) in [6, 6.07) is 14.3. The third-order valence-electron chi connectivity index (χ3n) is 4.27. The highest BCUT2D eigenvalue weighted by atomic mass is 19.1. The van der Waals surface area contributed by atoms with Crippen molar-refractivity contribution in [3.63, 3.8) is 0 Å². The maximum Gasteiger partial charge on any atom is 0.319 e. The molecule has 0 bridgehead atoms. The van der Waals surface area contributed by atoms with Gasteiger partial charge in [0.1, 0.15) is 5.82 Å². The Hall–Kier alpha value is -2.40. The molecular formula is C19H22FN3O. The predicted octanol–water partition coefficient (Wildman–Crippen LogP) is 3.40. The van der Waals surface area contributed by atoms with Gasteiger partial charge in [0.2, 0.25) is 0 Å². The van der Waals surface area contributed by atoms with Gasteiger partial charge >= 0.3 is 6.03 Å². The number of rotatable bonds is 5. The van der Waals surface area contributed by atoms with E-state index in [1.807, 2.05) is 0 Å². The van der Waals surface area contributed by atoms with Gasteiger partial charge in [0.15, 0.2) is 0 Å². The molecule has 3 rings (SSSR count). The zero-order chi connectivity index (χ0) is 16.8. The molecular weight excluding hydrogens is 305 g/mol. The third-order valence-corrected chi connectivity index (χ3v) is 4.27. The summed E-state index contributed by atoms with van der Waals surface area (Å²) < 4.78 is 13.5. The highest BCUT2D eigenvalue weighted by molar-refractivity contribution is 5.89. The monoisotopic (exact) mass is 327 g/mol. The van der Waals surface area contributed by atoms with Gasteiger partial charge in [-0.05, 0) is 36.1 Å². The molecule has 0 aliphatic carbocycles. The maximum atomic E-state index is 13.5. The lowest BCUT2D eigenvalue weighted by molar-refractivity contribution is 0.242. The average molecular weight is 327 g/mol. The minimum atomic E-state index is -0.431. The van der Waals surface area contributed by atoms with Gasteiger partial charge in [-0.3, -0.25) is 4.90 Å². The maximum absolute atomic E-state index is 13.5. The van der Waals surface area contributed by atoms with Crippen LogP contribution in [0.25, 0.3) is 0 Å². The molecule has 2 aromatic rings. The second kappa shape index (κ2) is 7.93. The SMILES string of the molecule is O=C(NCCCN1CCc2ccccc2C1)Nc1ccccc1F. The third kappa shape index (κ3) is 4.32. The number of hydrogen-bond acceptors (Lipinski definition) is 2. The van der Waals surface area contributed by atoms with Crippen molar-refractivity contribution in [3.05, 3.63) is 65.5 Å². The summed E-state index contributed by atoms with van der Waals surface area (Å²) in [6.07, 6.45) is 1.95. The summed E-state index contributed by atoms with van der Waals surface area (Å²) in [5.74, 6) is -0.431. The van der Waals surface area contributed by atoms with Crippen LogP contribution < -0.4 is 10.6 Å². The van der Waals surface area contributed by atoms with Crippen LogP contribution in [-0.2, 0) is 13.0 Å². The van der Waals surface area contributed by atoms with Gasteiger partial charge in [0.25, 0.3) is 0 Å². The molecule has 1 aliphatic heterocycles. The zero-order valence-electron chi connectivity index (χ0n) is 13.6. The first kappa shape index (κ1) is 16.5. The summed E-state index contributed by atoms with van der Waals surface area (Å²) in [5, 5.41) is 5.30. The van der Waals surface area contributed by atoms with Gasteiger partial charge in [-0.15, -0.1) is 0 Å². The number of benzene rings is 2. The quantitative estimate of drug-likeness (QED) is 0.827. The molecule has 4 nitrogen and oxygen atoms in total. The molecule has 0 saturated heterocycles. The number of amides is 2. The summed E-state index contributed by atoms with van der Waals surface area (Å²) in [4.78, 5) is 14.2. The minimum absolute atomic E-state index is 0.197. The van der Waals surface area contributed by atoms with E-state index in [2.05, 4.69) is 39.8 Å². The number of para-hydroxylation sites is 1. The van der Waals surface area contributed by atoms with E-state index in [0.29, 0.717) is 6.54 Å². The lowest BCUT2D eigenvalue weighted by Crippen LogP contribution is -2.35. The van der Waals surface area contributed by atoms with Gasteiger partial charge in [0, 0.05) is 26.2 Å². The fourth-order valence-electron chi connectivity index (χ4n) is 2.98. The van der Waals surface area contributed by atoms with Crippen LogP contribution in [0.15, 0.2) is 48.5 Å². The number of urea groups is 1. The van der Waals surface area contributed by atoms with Crippen molar-refractivity contribution < 1.29 is 9.18 Å². The molecule has 2 aromatic carbocycles. The Bertz CT molecular complexity index is 705. The van der Waals surface area contributed by atoms with E-state index in [4.69, 9.17) is 0 Å². The van der Waals surface area contributed by atoms with Crippen molar-refractivity contribution in [2.45, 2.75) is 19.4 Å². The van der Waals surface area contributed by atoms with Crippen LogP contribution in [0.1, 0.15) is 17.5 Å². The molecule has 2 N–H and O–H groups in total. The summed E-state index contributed by atoms with van der Waals surface area (Å²) in [5.41, 5.74) is 3.03. The first-order valence-electron chi connectivity index (χ1n) is 8.31. The number of carbonyl (C=O) groups is 1. The molecule has 5 heteroatoms. The highest BCUT2D eigenvalue weighted by Gasteiger charge is 2.15. The van der Waals surface area contributed by atoms with Gasteiger partial charge in [-0.1, -0.05) is 36.4 Å². The molecule has 0 saturated carbocycles. The standard InChI is InChI=1S/C19H22FN3O/c20-17-8-3-4-9-18(17)22-19(24)21-11-5-12-23-13-10-15-6-1-2-7-16(15)14-23/h1-4,6-9H,5,10-14H2,(H2,21,22,24). The molecule has 1 aliphatic rings. The molecule has 0 atom stereocenters. The lowest BCUT2D eigenvalue weighted by Gasteiger charge is -2.28. The smallest absolute Gasteiger partial charge is 0.319 e. The van der Waals surface area contributed by atoms with Crippen LogP contribution in [0.4, 0.5) is 14.9 Å². The number of fused-ring (bicyclic) bond motifs is 1. The van der Waals surface area contributed by atoms with Crippen molar-refractivity contribution in [2.75, 3.05) is 25.0 Å². The van der Waals surface area contributed by atoms with Crippen LogP contribution in [0, 0.1) is 5.82 Å². The summed E-state index contributed by atoms with van der Waals surface area (Å²) >= 11 is 0. The molecule has 2 amide bonds. The van der Waals surface area contributed by atoms with Crippen LogP contribution in [0.2, 0.25) is 0 Å². The fourth-order valence-corrected chi connectivity index (χ4v) is 2.98. The minimum Gasteiger partial charge on any atom is -0.338 e. The van der Waals surface area contributed by atoms with Crippen molar-refractivity contribution in [2.24, 2.45) is 0 Å². The largest absolute Gasteiger partial charge is 0.338 e. The number of nitrogens with one attached hydrogen (secondary N) is 2. The Kier molecular flexibility index (Phi) is 5.43. The number of anilines is 1. The lowest BCUT2D eigenvalue weighted by atomic mass is 10.00. The Morgan fingerprint density at radius 2 is 1.83 bits per heavy atom. The van der Waals surface area contributed by atoms with Crippen LogP contribution in [-0.4, -0.2) is 30.6 Å². The van der Waals surface area contributed by atoms with Crippen molar-refractivity contribution in [3.8, 4) is 0 Å². The van der Waals surface area contributed by atoms with Gasteiger partial charge in [-0.2, -0.15) is 0 Å². The number of halogens is 1. The number of carbonyl (C=O) groups excluding carboxylic acids is 1. The van der Waals surface area contributed by atoms with Gasteiger partial charge < -0.3 is 10.6 Å². The number of nitrogens with zero attached hydrogens (tertiary/aromatic N) is 1. The molecule has 0 aromatic heterocycles. The second-order valence-corrected chi connectivity index (χ2v) is 6.01. The molecule has 24 heavy (non-hydrogen) atoms. The molecule has 1 heterocycles. The van der Waals surface area contributed by atoms with Gasteiger partial charge in [-0.25, -0.2) is 9.18 Å². The zero-order valence-corrected chi connectivity index (χ0v) is 13.6. The average Bonchev–Trinajstić information content (AvgIpc) is 2.60. The molecule has 126 valence electrons. The highest BCUT2D eigenvalue weighted by Crippen LogP contribution is 2.18. The van der Waals surface area contributed by atoms with E-state index in [1.54, 1.807) is 18.2 Å². The van der Waals surface area contributed by atoms with E-state index >= 15 is 0 Å². The Morgan fingerprint density at radius 1 is 1.08 bits per heavy atom. The van der Waals surface area contributed by atoms with Crippen LogP contribution in [0.3, 0.4) is 0 Å². The first-order valence-corrected chi connectivity index (χ1v) is 8.31. The van der Waals surface area contributed by atoms with E-state index in [0.717, 1.165) is 32.5 Å². The summed E-state index contributed by atoms with van der Waals surface area (Å²) in [7, 11) is 0. The normalized spacial score (nSPS) is 14.0. The van der Waals surface area contributed by atoms with E-state index < -0.39 is 5.82 Å². The molecule has 0 unspecified atom stereocenters. The van der Waals surface area contributed by atoms with Crippen molar-refractivity contribution in [1.29, 1.82) is 0 Å². The Balaban J connectivity index is 1.37. The van der Waals surface area contributed by atoms with E-state index in [9.17, 15) is 9.18 Å². The topological polar surface area (TPSA) is 44.4 Å². The molecule has 0 fully saturated rings. The van der Waals surface area contributed by atoms with Crippen LogP contribution in [0.5, 0.6) is 0 Å². The predicted molar refractivity (Wildman–Crippen MR) is 93.5 cm³/mol. The second-order valence-electron chi connectivity index (χ2n) is 6.01. The van der Waals surface area contributed by atoms with Crippen molar-refractivity contribution in [1.82, 2.24) is 10.2 Å². The first-order chi connectivity index (χ1) is 11.7. The Labute approximate surface area is 141 Å². The van der Waals surface area contributed by atoms with E-state index in [1.165, 1.54) is 17.2 Å². The van der Waals surface area contributed by atoms with Crippen molar-refractivity contribution >= 4 is 11.7 Å². The number of hydrogen-bond donors (Lipinski definition) is 2. The molecule has 0 spiro atoms. The Morgan fingerprint density at radius 3 is 2.67 bits per heavy atom. The van der Waals surface area contributed by atoms with Crippen LogP contribution >= 0.6 is 0 Å². The van der Waals surface area contributed by atoms with Gasteiger partial charge in [0.05, 0.1) is 5.69 Å². The summed E-state index contributed by atoms with van der Waals surface area (Å²) in [6.45, 7) is 3.53. The molecule has 0 radical (unpaired) electrons. The fraction of sp³-hybridized carbons (Fsp3) is 0.316.